The summed E-state index contributed by atoms with van der Waals surface area (Å²) in [6, 6.07) is 11.0. The maximum Gasteiger partial charge on any atom is 0.205 e. The molecule has 4 aromatic rings. The normalized spacial score (nSPS) is 11.0. The molecule has 0 aliphatic rings. The Morgan fingerprint density at radius 3 is 2.54 bits per heavy atom. The van der Waals surface area contributed by atoms with Gasteiger partial charge in [-0.1, -0.05) is 23.2 Å². The fraction of sp³-hybridized carbons (Fsp3) is 0.100. The lowest BCUT2D eigenvalue weighted by atomic mass is 10.1. The van der Waals surface area contributed by atoms with Crippen molar-refractivity contribution in [3.63, 3.8) is 0 Å². The molecule has 0 amide bonds. The summed E-state index contributed by atoms with van der Waals surface area (Å²) in [7, 11) is 3.21. The molecule has 5 nitrogen and oxygen atoms in total. The second-order valence-corrected chi connectivity index (χ2v) is 7.24. The van der Waals surface area contributed by atoms with Crippen LogP contribution in [0.15, 0.2) is 48.8 Å². The van der Waals surface area contributed by atoms with Crippen molar-refractivity contribution in [2.75, 3.05) is 14.2 Å². The number of imidazole rings is 1. The topological polar surface area (TPSA) is 51.5 Å². The van der Waals surface area contributed by atoms with Crippen molar-refractivity contribution in [3.05, 3.63) is 63.6 Å². The largest absolute Gasteiger partial charge is 0.493 e. The number of aromatic amines is 1. The van der Waals surface area contributed by atoms with Crippen LogP contribution in [0.25, 0.3) is 28.0 Å². The van der Waals surface area contributed by atoms with Gasteiger partial charge >= 0.3 is 0 Å². The average molecular weight is 432 g/mol. The van der Waals surface area contributed by atoms with Crippen molar-refractivity contribution >= 4 is 41.1 Å². The first-order valence-electron chi connectivity index (χ1n) is 8.30. The molecule has 2 heterocycles. The molecule has 0 unspecified atom stereocenters. The van der Waals surface area contributed by atoms with E-state index in [0.29, 0.717) is 26.3 Å². The number of benzene rings is 2. The zero-order valence-electron chi connectivity index (χ0n) is 15.0. The maximum atomic E-state index is 6.40. The van der Waals surface area contributed by atoms with Gasteiger partial charge in [0.25, 0.3) is 0 Å². The van der Waals surface area contributed by atoms with Crippen LogP contribution in [0.3, 0.4) is 0 Å². The van der Waals surface area contributed by atoms with E-state index in [4.69, 9.17) is 44.9 Å². The van der Waals surface area contributed by atoms with Crippen LogP contribution < -0.4 is 9.47 Å². The minimum absolute atomic E-state index is 0.430. The van der Waals surface area contributed by atoms with E-state index in [-0.39, 0.29) is 0 Å². The third-order valence-electron chi connectivity index (χ3n) is 4.43. The van der Waals surface area contributed by atoms with Gasteiger partial charge in [0.05, 0.1) is 19.9 Å². The Balaban J connectivity index is 1.94. The Morgan fingerprint density at radius 1 is 1.00 bits per heavy atom. The highest BCUT2D eigenvalue weighted by Gasteiger charge is 2.14. The Morgan fingerprint density at radius 2 is 1.79 bits per heavy atom. The third-order valence-corrected chi connectivity index (χ3v) is 5.30. The molecule has 0 bridgehead atoms. The summed E-state index contributed by atoms with van der Waals surface area (Å²) in [6.45, 7) is 0. The van der Waals surface area contributed by atoms with Gasteiger partial charge in [0.2, 0.25) is 4.77 Å². The molecule has 142 valence electrons. The number of rotatable bonds is 4. The molecule has 28 heavy (non-hydrogen) atoms. The van der Waals surface area contributed by atoms with E-state index in [0.717, 1.165) is 28.0 Å². The van der Waals surface area contributed by atoms with E-state index < -0.39 is 0 Å². The Kier molecular flexibility index (Phi) is 5.02. The first-order valence-corrected chi connectivity index (χ1v) is 9.46. The molecule has 0 saturated carbocycles. The molecule has 0 fully saturated rings. The SMILES string of the molecule is COc1ccc(-c2cn3c(=S)ncc(-c4cc(Cl)ccc4Cl)c3[nH]2)cc1OC. The van der Waals surface area contributed by atoms with Crippen molar-refractivity contribution in [2.24, 2.45) is 0 Å². The quantitative estimate of drug-likeness (QED) is 0.399. The summed E-state index contributed by atoms with van der Waals surface area (Å²) in [4.78, 5) is 7.75. The smallest absolute Gasteiger partial charge is 0.205 e. The standard InChI is InChI=1S/C20H15Cl2N3O2S/c1-26-17-6-3-11(7-18(17)27-2)16-10-25-19(24-16)14(9-23-20(25)28)13-8-12(21)4-5-15(13)22/h3-10,24H,1-2H3. The van der Waals surface area contributed by atoms with Crippen molar-refractivity contribution < 1.29 is 9.47 Å². The number of halogens is 2. The molecule has 1 N–H and O–H groups in total. The van der Waals surface area contributed by atoms with Crippen LogP contribution in [-0.4, -0.2) is 28.6 Å². The fourth-order valence-electron chi connectivity index (χ4n) is 3.06. The number of methoxy groups -OCH3 is 2. The second-order valence-electron chi connectivity index (χ2n) is 6.03. The number of hydrogen-bond donors (Lipinski definition) is 1. The minimum atomic E-state index is 0.430. The summed E-state index contributed by atoms with van der Waals surface area (Å²) in [5.41, 5.74) is 4.11. The Labute approximate surface area is 176 Å². The van der Waals surface area contributed by atoms with Crippen LogP contribution in [-0.2, 0) is 0 Å². The van der Waals surface area contributed by atoms with Gasteiger partial charge in [0.15, 0.2) is 11.5 Å². The molecule has 0 saturated heterocycles. The monoisotopic (exact) mass is 431 g/mol. The molecule has 8 heteroatoms. The number of H-pyrrole nitrogens is 1. The second kappa shape index (κ2) is 7.47. The fourth-order valence-corrected chi connectivity index (χ4v) is 3.64. The van der Waals surface area contributed by atoms with E-state index >= 15 is 0 Å². The molecule has 0 spiro atoms. The number of aromatic nitrogens is 3. The highest BCUT2D eigenvalue weighted by atomic mass is 35.5. The molecule has 0 aliphatic carbocycles. The summed E-state index contributed by atoms with van der Waals surface area (Å²) in [6.07, 6.45) is 3.60. The predicted octanol–water partition coefficient (Wildman–Crippen LogP) is 6.05. The highest BCUT2D eigenvalue weighted by Crippen LogP contribution is 2.35. The van der Waals surface area contributed by atoms with Crippen LogP contribution in [0, 0.1) is 4.77 Å². The molecule has 0 radical (unpaired) electrons. The Bertz CT molecular complexity index is 1250. The van der Waals surface area contributed by atoms with Crippen LogP contribution in [0.1, 0.15) is 0 Å². The molecule has 0 aliphatic heterocycles. The Hall–Kier alpha value is -2.54. The molecule has 2 aromatic heterocycles. The highest BCUT2D eigenvalue weighted by molar-refractivity contribution is 7.71. The van der Waals surface area contributed by atoms with Gasteiger partial charge in [0, 0.05) is 39.1 Å². The predicted molar refractivity (Wildman–Crippen MR) is 114 cm³/mol. The lowest BCUT2D eigenvalue weighted by molar-refractivity contribution is 0.355. The zero-order chi connectivity index (χ0) is 19.8. The number of nitrogens with zero attached hydrogens (tertiary/aromatic N) is 2. The molecular formula is C20H15Cl2N3O2S. The van der Waals surface area contributed by atoms with Crippen LogP contribution in [0.2, 0.25) is 10.0 Å². The molecule has 4 rings (SSSR count). The molecule has 0 atom stereocenters. The third kappa shape index (κ3) is 3.24. The zero-order valence-corrected chi connectivity index (χ0v) is 17.3. The van der Waals surface area contributed by atoms with Gasteiger partial charge in [-0.2, -0.15) is 0 Å². The summed E-state index contributed by atoms with van der Waals surface area (Å²) >= 11 is 18.0. The lowest BCUT2D eigenvalue weighted by Crippen LogP contribution is -1.93. The molecule has 2 aromatic carbocycles. The minimum Gasteiger partial charge on any atom is -0.493 e. The van der Waals surface area contributed by atoms with Crippen molar-refractivity contribution in [2.45, 2.75) is 0 Å². The lowest BCUT2D eigenvalue weighted by Gasteiger charge is -2.08. The van der Waals surface area contributed by atoms with Crippen LogP contribution in [0.4, 0.5) is 0 Å². The van der Waals surface area contributed by atoms with Crippen LogP contribution >= 0.6 is 35.4 Å². The number of fused-ring (bicyclic) bond motifs is 1. The number of ether oxygens (including phenoxy) is 2. The van der Waals surface area contributed by atoms with Gasteiger partial charge in [0.1, 0.15) is 5.65 Å². The van der Waals surface area contributed by atoms with E-state index in [1.54, 1.807) is 38.6 Å². The van der Waals surface area contributed by atoms with Gasteiger partial charge in [-0.3, -0.25) is 4.40 Å². The van der Waals surface area contributed by atoms with Crippen molar-refractivity contribution in [3.8, 4) is 33.9 Å². The summed E-state index contributed by atoms with van der Waals surface area (Å²) in [5.74, 6) is 1.30. The average Bonchev–Trinajstić information content (AvgIpc) is 3.16. The van der Waals surface area contributed by atoms with E-state index in [1.165, 1.54) is 0 Å². The van der Waals surface area contributed by atoms with Gasteiger partial charge in [-0.25, -0.2) is 4.98 Å². The van der Waals surface area contributed by atoms with Crippen LogP contribution in [0.5, 0.6) is 11.5 Å². The summed E-state index contributed by atoms with van der Waals surface area (Å²) < 4.78 is 13.0. The van der Waals surface area contributed by atoms with E-state index in [2.05, 4.69) is 9.97 Å². The first kappa shape index (κ1) is 18.8. The van der Waals surface area contributed by atoms with Crippen molar-refractivity contribution in [1.29, 1.82) is 0 Å². The van der Waals surface area contributed by atoms with Gasteiger partial charge < -0.3 is 14.5 Å². The van der Waals surface area contributed by atoms with E-state index in [1.807, 2.05) is 28.8 Å². The van der Waals surface area contributed by atoms with Gasteiger partial charge in [-0.05, 0) is 48.6 Å². The number of hydrogen-bond acceptors (Lipinski definition) is 4. The summed E-state index contributed by atoms with van der Waals surface area (Å²) in [5, 5.41) is 1.17. The first-order chi connectivity index (χ1) is 13.5. The van der Waals surface area contributed by atoms with Crippen molar-refractivity contribution in [1.82, 2.24) is 14.4 Å². The maximum absolute atomic E-state index is 6.40. The molecular weight excluding hydrogens is 417 g/mol. The number of nitrogens with one attached hydrogen (secondary N) is 1. The van der Waals surface area contributed by atoms with E-state index in [9.17, 15) is 0 Å². The van der Waals surface area contributed by atoms with Gasteiger partial charge in [-0.15, -0.1) is 0 Å².